The van der Waals surface area contributed by atoms with Crippen molar-refractivity contribution < 1.29 is 4.74 Å². The largest absolute Gasteiger partial charge is 0.494 e. The lowest BCUT2D eigenvalue weighted by atomic mass is 9.78. The minimum atomic E-state index is 0.136. The van der Waals surface area contributed by atoms with E-state index in [9.17, 15) is 0 Å². The summed E-state index contributed by atoms with van der Waals surface area (Å²) in [5.41, 5.74) is 7.11. The van der Waals surface area contributed by atoms with Gasteiger partial charge in [-0.15, -0.1) is 0 Å². The first-order valence-electron chi connectivity index (χ1n) is 6.65. The van der Waals surface area contributed by atoms with Crippen molar-refractivity contribution in [2.24, 2.45) is 11.1 Å². The molecule has 1 rings (SSSR count). The maximum Gasteiger partial charge on any atom is 0.119 e. The van der Waals surface area contributed by atoms with Crippen LogP contribution in [0.25, 0.3) is 0 Å². The minimum absolute atomic E-state index is 0.136. The fraction of sp³-hybridized carbons (Fsp3) is 0.600. The third-order valence-corrected chi connectivity index (χ3v) is 3.38. The molecule has 3 N–H and O–H groups in total. The standard InChI is InChI=1S/C15H26N2O/c1-5-18-13-8-6-12(7-9-13)14(17-4)15(2,3)10-11-16/h6-9,14,17H,5,10-11,16H2,1-4H3. The highest BCUT2D eigenvalue weighted by Crippen LogP contribution is 2.36. The lowest BCUT2D eigenvalue weighted by molar-refractivity contribution is 0.239. The molecule has 1 aromatic rings. The van der Waals surface area contributed by atoms with Crippen LogP contribution in [-0.4, -0.2) is 20.2 Å². The van der Waals surface area contributed by atoms with Gasteiger partial charge >= 0.3 is 0 Å². The zero-order valence-electron chi connectivity index (χ0n) is 12.0. The van der Waals surface area contributed by atoms with Gasteiger partial charge in [0.2, 0.25) is 0 Å². The van der Waals surface area contributed by atoms with Crippen LogP contribution < -0.4 is 15.8 Å². The molecule has 0 bridgehead atoms. The lowest BCUT2D eigenvalue weighted by Gasteiger charge is -2.34. The highest BCUT2D eigenvalue weighted by atomic mass is 16.5. The number of hydrogen-bond donors (Lipinski definition) is 2. The molecule has 0 saturated carbocycles. The van der Waals surface area contributed by atoms with E-state index in [2.05, 4.69) is 31.3 Å². The van der Waals surface area contributed by atoms with E-state index in [1.807, 2.05) is 26.1 Å². The fourth-order valence-corrected chi connectivity index (χ4v) is 2.45. The van der Waals surface area contributed by atoms with Crippen molar-refractivity contribution in [3.8, 4) is 5.75 Å². The van der Waals surface area contributed by atoms with Gasteiger partial charge in [0.1, 0.15) is 5.75 Å². The highest BCUT2D eigenvalue weighted by molar-refractivity contribution is 5.30. The first kappa shape index (κ1) is 15.0. The molecule has 0 amide bonds. The summed E-state index contributed by atoms with van der Waals surface area (Å²) in [6.07, 6.45) is 0.992. The van der Waals surface area contributed by atoms with Crippen LogP contribution in [0, 0.1) is 5.41 Å². The molecule has 0 aromatic heterocycles. The third-order valence-electron chi connectivity index (χ3n) is 3.38. The van der Waals surface area contributed by atoms with Gasteiger partial charge in [-0.05, 0) is 50.0 Å². The monoisotopic (exact) mass is 250 g/mol. The molecule has 3 heteroatoms. The molecule has 0 aliphatic carbocycles. The highest BCUT2D eigenvalue weighted by Gasteiger charge is 2.28. The van der Waals surface area contributed by atoms with E-state index in [4.69, 9.17) is 10.5 Å². The van der Waals surface area contributed by atoms with E-state index in [1.165, 1.54) is 5.56 Å². The first-order valence-corrected chi connectivity index (χ1v) is 6.65. The average molecular weight is 250 g/mol. The van der Waals surface area contributed by atoms with Gasteiger partial charge in [0.25, 0.3) is 0 Å². The van der Waals surface area contributed by atoms with Crippen molar-refractivity contribution in [2.45, 2.75) is 33.2 Å². The Morgan fingerprint density at radius 3 is 2.33 bits per heavy atom. The quantitative estimate of drug-likeness (QED) is 0.782. The van der Waals surface area contributed by atoms with E-state index in [-0.39, 0.29) is 5.41 Å². The molecular weight excluding hydrogens is 224 g/mol. The third kappa shape index (κ3) is 3.72. The summed E-state index contributed by atoms with van der Waals surface area (Å²) >= 11 is 0. The van der Waals surface area contributed by atoms with Gasteiger partial charge < -0.3 is 15.8 Å². The molecular formula is C15H26N2O. The van der Waals surface area contributed by atoms with Gasteiger partial charge in [-0.1, -0.05) is 26.0 Å². The van der Waals surface area contributed by atoms with Crippen LogP contribution in [0.3, 0.4) is 0 Å². The Bertz CT molecular complexity index is 346. The van der Waals surface area contributed by atoms with Crippen molar-refractivity contribution in [1.82, 2.24) is 5.32 Å². The molecule has 0 aliphatic heterocycles. The molecule has 0 fully saturated rings. The Morgan fingerprint density at radius 1 is 1.28 bits per heavy atom. The minimum Gasteiger partial charge on any atom is -0.494 e. The number of hydrogen-bond acceptors (Lipinski definition) is 3. The number of rotatable bonds is 7. The molecule has 0 aliphatic rings. The number of nitrogens with one attached hydrogen (secondary N) is 1. The zero-order chi connectivity index (χ0) is 13.6. The molecule has 1 aromatic carbocycles. The first-order chi connectivity index (χ1) is 8.55. The van der Waals surface area contributed by atoms with Crippen LogP contribution in [0.15, 0.2) is 24.3 Å². The van der Waals surface area contributed by atoms with Crippen LogP contribution in [-0.2, 0) is 0 Å². The molecule has 1 unspecified atom stereocenters. The van der Waals surface area contributed by atoms with Crippen LogP contribution in [0.2, 0.25) is 0 Å². The van der Waals surface area contributed by atoms with Crippen molar-refractivity contribution in [1.29, 1.82) is 0 Å². The van der Waals surface area contributed by atoms with E-state index < -0.39 is 0 Å². The van der Waals surface area contributed by atoms with Crippen LogP contribution in [0.1, 0.15) is 38.8 Å². The van der Waals surface area contributed by atoms with E-state index in [0.717, 1.165) is 12.2 Å². The van der Waals surface area contributed by atoms with Gasteiger partial charge in [0, 0.05) is 6.04 Å². The number of nitrogens with two attached hydrogens (primary N) is 1. The Morgan fingerprint density at radius 2 is 1.89 bits per heavy atom. The molecule has 102 valence electrons. The molecule has 0 radical (unpaired) electrons. The molecule has 0 spiro atoms. The Balaban J connectivity index is 2.88. The maximum atomic E-state index is 5.70. The molecule has 1 atom stereocenters. The summed E-state index contributed by atoms with van der Waals surface area (Å²) in [6, 6.07) is 8.62. The van der Waals surface area contributed by atoms with Crippen molar-refractivity contribution in [3.63, 3.8) is 0 Å². The second-order valence-electron chi connectivity index (χ2n) is 5.25. The number of benzene rings is 1. The summed E-state index contributed by atoms with van der Waals surface area (Å²) in [5.74, 6) is 0.924. The van der Waals surface area contributed by atoms with E-state index >= 15 is 0 Å². The van der Waals surface area contributed by atoms with Crippen LogP contribution >= 0.6 is 0 Å². The van der Waals surface area contributed by atoms with Gasteiger partial charge in [-0.2, -0.15) is 0 Å². The van der Waals surface area contributed by atoms with Crippen LogP contribution in [0.5, 0.6) is 5.75 Å². The van der Waals surface area contributed by atoms with Gasteiger partial charge in [0.15, 0.2) is 0 Å². The summed E-state index contributed by atoms with van der Waals surface area (Å²) < 4.78 is 5.47. The zero-order valence-corrected chi connectivity index (χ0v) is 12.0. The van der Waals surface area contributed by atoms with Gasteiger partial charge in [-0.25, -0.2) is 0 Å². The maximum absolute atomic E-state index is 5.70. The van der Waals surface area contributed by atoms with Crippen molar-refractivity contribution in [3.05, 3.63) is 29.8 Å². The van der Waals surface area contributed by atoms with Gasteiger partial charge in [0.05, 0.1) is 6.61 Å². The Labute approximate surface area is 111 Å². The SMILES string of the molecule is CCOc1ccc(C(NC)C(C)(C)CCN)cc1. The average Bonchev–Trinajstić information content (AvgIpc) is 2.32. The van der Waals surface area contributed by atoms with E-state index in [1.54, 1.807) is 0 Å². The van der Waals surface area contributed by atoms with Crippen molar-refractivity contribution in [2.75, 3.05) is 20.2 Å². The predicted molar refractivity (Wildman–Crippen MR) is 76.9 cm³/mol. The summed E-state index contributed by atoms with van der Waals surface area (Å²) in [4.78, 5) is 0. The summed E-state index contributed by atoms with van der Waals surface area (Å²) in [6.45, 7) is 7.90. The Kier molecular flexibility index (Phi) is 5.63. The fourth-order valence-electron chi connectivity index (χ4n) is 2.45. The Hall–Kier alpha value is -1.06. The predicted octanol–water partition coefficient (Wildman–Crippen LogP) is 2.72. The number of ether oxygens (including phenoxy) is 1. The van der Waals surface area contributed by atoms with Crippen molar-refractivity contribution >= 4 is 0 Å². The van der Waals surface area contributed by atoms with Crippen LogP contribution in [0.4, 0.5) is 0 Å². The van der Waals surface area contributed by atoms with Gasteiger partial charge in [-0.3, -0.25) is 0 Å². The second-order valence-corrected chi connectivity index (χ2v) is 5.25. The smallest absolute Gasteiger partial charge is 0.119 e. The molecule has 0 heterocycles. The normalized spacial score (nSPS) is 13.4. The molecule has 3 nitrogen and oxygen atoms in total. The second kappa shape index (κ2) is 6.76. The molecule has 0 saturated heterocycles. The summed E-state index contributed by atoms with van der Waals surface area (Å²) in [5, 5.41) is 3.40. The molecule has 18 heavy (non-hydrogen) atoms. The topological polar surface area (TPSA) is 47.3 Å². The van der Waals surface area contributed by atoms with E-state index in [0.29, 0.717) is 19.2 Å². The summed E-state index contributed by atoms with van der Waals surface area (Å²) in [7, 11) is 2.00. The lowest BCUT2D eigenvalue weighted by Crippen LogP contribution is -2.33.